The quantitative estimate of drug-likeness (QED) is 0.710. The van der Waals surface area contributed by atoms with Crippen LogP contribution in [-0.2, 0) is 9.53 Å². The van der Waals surface area contributed by atoms with Gasteiger partial charge in [0.05, 0.1) is 6.10 Å². The van der Waals surface area contributed by atoms with Crippen molar-refractivity contribution in [3.63, 3.8) is 0 Å². The molecule has 2 heterocycles. The van der Waals surface area contributed by atoms with Crippen LogP contribution in [0.25, 0.3) is 0 Å². The topological polar surface area (TPSA) is 29.5 Å². The number of nitrogens with zero attached hydrogens (tertiary/aromatic N) is 1. The second kappa shape index (κ2) is 5.08. The summed E-state index contributed by atoms with van der Waals surface area (Å²) in [4.78, 5) is 13.7. The van der Waals surface area contributed by atoms with E-state index in [1.165, 1.54) is 12.8 Å². The van der Waals surface area contributed by atoms with E-state index in [0.29, 0.717) is 17.9 Å². The van der Waals surface area contributed by atoms with Crippen molar-refractivity contribution in [1.29, 1.82) is 0 Å². The summed E-state index contributed by atoms with van der Waals surface area (Å²) in [6, 6.07) is 0.438. The molecule has 15 heavy (non-hydrogen) atoms. The molecule has 3 nitrogen and oxygen atoms in total. The normalized spacial score (nSPS) is 33.5. The molecule has 0 radical (unpaired) electrons. The fourth-order valence-corrected chi connectivity index (χ4v) is 2.56. The van der Waals surface area contributed by atoms with Gasteiger partial charge in [0.1, 0.15) is 5.78 Å². The Bertz CT molecular complexity index is 224. The molecule has 0 amide bonds. The minimum absolute atomic E-state index is 0.427. The van der Waals surface area contributed by atoms with Crippen LogP contribution < -0.4 is 0 Å². The second-order valence-corrected chi connectivity index (χ2v) is 4.80. The fourth-order valence-electron chi connectivity index (χ4n) is 2.56. The Balaban J connectivity index is 1.71. The first-order valence-electron chi connectivity index (χ1n) is 6.13. The molecule has 2 unspecified atom stereocenters. The van der Waals surface area contributed by atoms with E-state index in [4.69, 9.17) is 4.74 Å². The largest absolute Gasteiger partial charge is 0.378 e. The first-order valence-corrected chi connectivity index (χ1v) is 6.13. The van der Waals surface area contributed by atoms with Gasteiger partial charge in [0.2, 0.25) is 0 Å². The third-order valence-corrected chi connectivity index (χ3v) is 3.59. The van der Waals surface area contributed by atoms with Gasteiger partial charge in [-0.2, -0.15) is 0 Å². The zero-order valence-corrected chi connectivity index (χ0v) is 9.58. The van der Waals surface area contributed by atoms with Gasteiger partial charge in [0.15, 0.2) is 0 Å². The third-order valence-electron chi connectivity index (χ3n) is 3.59. The highest BCUT2D eigenvalue weighted by atomic mass is 16.5. The minimum atomic E-state index is 0.427. The van der Waals surface area contributed by atoms with Gasteiger partial charge >= 0.3 is 0 Å². The van der Waals surface area contributed by atoms with Crippen molar-refractivity contribution in [1.82, 2.24) is 4.90 Å². The molecule has 3 heteroatoms. The molecule has 0 aromatic heterocycles. The van der Waals surface area contributed by atoms with Crippen molar-refractivity contribution in [3.8, 4) is 0 Å². The van der Waals surface area contributed by atoms with E-state index in [2.05, 4.69) is 11.8 Å². The van der Waals surface area contributed by atoms with Gasteiger partial charge in [-0.1, -0.05) is 0 Å². The van der Waals surface area contributed by atoms with Gasteiger partial charge in [-0.25, -0.2) is 0 Å². The van der Waals surface area contributed by atoms with Crippen LogP contribution in [0.15, 0.2) is 0 Å². The molecule has 2 aliphatic rings. The molecular formula is C12H21NO2. The summed E-state index contributed by atoms with van der Waals surface area (Å²) in [7, 11) is 0. The highest BCUT2D eigenvalue weighted by molar-refractivity contribution is 5.79. The SMILES string of the molecule is CC1CC(=O)CCN1CCC1CCCO1. The van der Waals surface area contributed by atoms with Gasteiger partial charge in [-0.05, 0) is 26.2 Å². The molecule has 2 saturated heterocycles. The average molecular weight is 211 g/mol. The lowest BCUT2D eigenvalue weighted by Crippen LogP contribution is -2.42. The van der Waals surface area contributed by atoms with Crippen LogP contribution >= 0.6 is 0 Å². The second-order valence-electron chi connectivity index (χ2n) is 4.80. The standard InChI is InChI=1S/C12H21NO2/c1-10-9-11(14)4-6-13(10)7-5-12-3-2-8-15-12/h10,12H,2-9H2,1H3. The van der Waals surface area contributed by atoms with E-state index in [1.54, 1.807) is 0 Å². The summed E-state index contributed by atoms with van der Waals surface area (Å²) in [6.45, 7) is 5.15. The third kappa shape index (κ3) is 3.02. The molecule has 86 valence electrons. The number of hydrogen-bond acceptors (Lipinski definition) is 3. The lowest BCUT2D eigenvalue weighted by molar-refractivity contribution is -0.123. The van der Waals surface area contributed by atoms with Gasteiger partial charge in [0, 0.05) is 38.6 Å². The van der Waals surface area contributed by atoms with Crippen LogP contribution in [0.5, 0.6) is 0 Å². The Morgan fingerprint density at radius 2 is 2.40 bits per heavy atom. The predicted molar refractivity (Wildman–Crippen MR) is 58.9 cm³/mol. The summed E-state index contributed by atoms with van der Waals surface area (Å²) in [5.74, 6) is 0.427. The van der Waals surface area contributed by atoms with Crippen molar-refractivity contribution < 1.29 is 9.53 Å². The Labute approximate surface area is 91.8 Å². The van der Waals surface area contributed by atoms with Crippen LogP contribution in [0.2, 0.25) is 0 Å². The van der Waals surface area contributed by atoms with E-state index < -0.39 is 0 Å². The number of likely N-dealkylation sites (tertiary alicyclic amines) is 1. The van der Waals surface area contributed by atoms with Crippen molar-refractivity contribution in [3.05, 3.63) is 0 Å². The molecule has 0 aromatic carbocycles. The Hall–Kier alpha value is -0.410. The number of carbonyl (C=O) groups is 1. The summed E-state index contributed by atoms with van der Waals surface area (Å²) >= 11 is 0. The molecule has 2 atom stereocenters. The number of ketones is 1. The maximum atomic E-state index is 11.2. The number of piperidine rings is 1. The van der Waals surface area contributed by atoms with Crippen molar-refractivity contribution in [2.45, 2.75) is 51.2 Å². The van der Waals surface area contributed by atoms with Gasteiger partial charge in [-0.15, -0.1) is 0 Å². The van der Waals surface area contributed by atoms with Gasteiger partial charge in [0.25, 0.3) is 0 Å². The van der Waals surface area contributed by atoms with Crippen LogP contribution in [0.3, 0.4) is 0 Å². The maximum absolute atomic E-state index is 11.2. The van der Waals surface area contributed by atoms with Crippen molar-refractivity contribution >= 4 is 5.78 Å². The van der Waals surface area contributed by atoms with E-state index in [1.807, 2.05) is 0 Å². The molecule has 0 saturated carbocycles. The number of hydrogen-bond donors (Lipinski definition) is 0. The number of Topliss-reactive ketones (excluding diaryl/α,β-unsaturated/α-hetero) is 1. The summed E-state index contributed by atoms with van der Waals surface area (Å²) in [5.41, 5.74) is 0. The molecular weight excluding hydrogens is 190 g/mol. The number of ether oxygens (including phenoxy) is 1. The highest BCUT2D eigenvalue weighted by Gasteiger charge is 2.24. The zero-order valence-electron chi connectivity index (χ0n) is 9.58. The van der Waals surface area contributed by atoms with E-state index >= 15 is 0 Å². The Kier molecular flexibility index (Phi) is 3.76. The van der Waals surface area contributed by atoms with Crippen LogP contribution in [0, 0.1) is 0 Å². The highest BCUT2D eigenvalue weighted by Crippen LogP contribution is 2.19. The Morgan fingerprint density at radius 1 is 1.53 bits per heavy atom. The van der Waals surface area contributed by atoms with Crippen molar-refractivity contribution in [2.24, 2.45) is 0 Å². The lowest BCUT2D eigenvalue weighted by atomic mass is 10.0. The predicted octanol–water partition coefficient (Wildman–Crippen LogP) is 1.61. The zero-order chi connectivity index (χ0) is 10.7. The molecule has 0 N–H and O–H groups in total. The Morgan fingerprint density at radius 3 is 3.07 bits per heavy atom. The molecule has 2 rings (SSSR count). The lowest BCUT2D eigenvalue weighted by Gasteiger charge is -2.33. The average Bonchev–Trinajstić information content (AvgIpc) is 2.69. The number of carbonyl (C=O) groups excluding carboxylic acids is 1. The first kappa shape index (κ1) is 11.1. The smallest absolute Gasteiger partial charge is 0.135 e. The first-order chi connectivity index (χ1) is 7.25. The molecule has 2 fully saturated rings. The molecule has 0 bridgehead atoms. The summed E-state index contributed by atoms with van der Waals surface area (Å²) in [6.07, 6.45) is 5.55. The molecule has 0 aliphatic carbocycles. The number of rotatable bonds is 3. The summed E-state index contributed by atoms with van der Waals surface area (Å²) < 4.78 is 5.61. The van der Waals surface area contributed by atoms with E-state index in [-0.39, 0.29) is 0 Å². The van der Waals surface area contributed by atoms with Crippen LogP contribution in [0.1, 0.15) is 39.0 Å². The molecule has 0 aromatic rings. The van der Waals surface area contributed by atoms with Crippen LogP contribution in [0.4, 0.5) is 0 Å². The maximum Gasteiger partial charge on any atom is 0.135 e. The molecule has 2 aliphatic heterocycles. The minimum Gasteiger partial charge on any atom is -0.378 e. The van der Waals surface area contributed by atoms with Crippen LogP contribution in [-0.4, -0.2) is 42.5 Å². The van der Waals surface area contributed by atoms with E-state index in [0.717, 1.165) is 39.0 Å². The molecule has 0 spiro atoms. The van der Waals surface area contributed by atoms with Gasteiger partial charge < -0.3 is 4.74 Å². The fraction of sp³-hybridized carbons (Fsp3) is 0.917. The van der Waals surface area contributed by atoms with Gasteiger partial charge in [-0.3, -0.25) is 9.69 Å². The van der Waals surface area contributed by atoms with Crippen molar-refractivity contribution in [2.75, 3.05) is 19.7 Å². The van der Waals surface area contributed by atoms with E-state index in [9.17, 15) is 4.79 Å². The summed E-state index contributed by atoms with van der Waals surface area (Å²) in [5, 5.41) is 0. The monoisotopic (exact) mass is 211 g/mol.